The van der Waals surface area contributed by atoms with Crippen molar-refractivity contribution in [3.05, 3.63) is 35.9 Å². The van der Waals surface area contributed by atoms with E-state index in [1.807, 2.05) is 13.0 Å². The van der Waals surface area contributed by atoms with E-state index in [0.717, 1.165) is 32.1 Å². The molecule has 0 amide bonds. The molecule has 3 nitrogen and oxygen atoms in total. The van der Waals surface area contributed by atoms with Crippen molar-refractivity contribution in [2.45, 2.75) is 89.0 Å². The number of rotatable bonds is 10. The summed E-state index contributed by atoms with van der Waals surface area (Å²) in [5.41, 5.74) is 1.31. The number of unbranched alkanes of at least 4 members (excludes halogenated alkanes) is 3. The highest BCUT2D eigenvalue weighted by Gasteiger charge is 2.37. The molecule has 1 aromatic carbocycles. The van der Waals surface area contributed by atoms with Crippen LogP contribution in [0.25, 0.3) is 0 Å². The second kappa shape index (κ2) is 10.2. The quantitative estimate of drug-likeness (QED) is 0.641. The summed E-state index contributed by atoms with van der Waals surface area (Å²) >= 11 is 0. The molecule has 2 N–H and O–H groups in total. The first kappa shape index (κ1) is 19.4. The molecule has 0 bridgehead atoms. The molecule has 1 aliphatic heterocycles. The Morgan fingerprint density at radius 3 is 2.54 bits per heavy atom. The predicted molar refractivity (Wildman–Crippen MR) is 100 cm³/mol. The Morgan fingerprint density at radius 2 is 1.83 bits per heavy atom. The van der Waals surface area contributed by atoms with E-state index >= 15 is 0 Å². The molecule has 0 saturated carbocycles. The molecule has 136 valence electrons. The lowest BCUT2D eigenvalue weighted by Gasteiger charge is -2.26. The van der Waals surface area contributed by atoms with Crippen LogP contribution in [0.2, 0.25) is 0 Å². The Labute approximate surface area is 147 Å². The highest BCUT2D eigenvalue weighted by atomic mass is 16.3. The van der Waals surface area contributed by atoms with Crippen LogP contribution in [0.5, 0.6) is 0 Å². The summed E-state index contributed by atoms with van der Waals surface area (Å²) in [6.45, 7) is 2.04. The van der Waals surface area contributed by atoms with Crippen molar-refractivity contribution >= 4 is 0 Å². The normalized spacial score (nSPS) is 25.9. The summed E-state index contributed by atoms with van der Waals surface area (Å²) in [6.07, 6.45) is 9.31. The molecular formula is C21H35NO2. The first-order valence-electron chi connectivity index (χ1n) is 9.73. The molecular weight excluding hydrogens is 298 g/mol. The van der Waals surface area contributed by atoms with Crippen molar-refractivity contribution in [1.29, 1.82) is 0 Å². The van der Waals surface area contributed by atoms with Gasteiger partial charge in [0.15, 0.2) is 0 Å². The number of hydrogen-bond donors (Lipinski definition) is 2. The highest BCUT2D eigenvalue weighted by Crippen LogP contribution is 2.29. The van der Waals surface area contributed by atoms with E-state index in [-0.39, 0.29) is 18.2 Å². The van der Waals surface area contributed by atoms with Crippen LogP contribution in [0, 0.1) is 0 Å². The topological polar surface area (TPSA) is 43.7 Å². The van der Waals surface area contributed by atoms with Crippen LogP contribution in [0.3, 0.4) is 0 Å². The van der Waals surface area contributed by atoms with Gasteiger partial charge in [0.25, 0.3) is 0 Å². The monoisotopic (exact) mass is 333 g/mol. The van der Waals surface area contributed by atoms with Crippen LogP contribution in [0.15, 0.2) is 30.3 Å². The van der Waals surface area contributed by atoms with Gasteiger partial charge in [-0.15, -0.1) is 0 Å². The number of hydrogen-bond acceptors (Lipinski definition) is 3. The molecule has 1 saturated heterocycles. The number of aliphatic hydroxyl groups is 2. The van der Waals surface area contributed by atoms with Gasteiger partial charge in [0.05, 0.1) is 12.2 Å². The fourth-order valence-electron chi connectivity index (χ4n) is 3.92. The minimum atomic E-state index is -0.208. The van der Waals surface area contributed by atoms with Crippen LogP contribution in [0.1, 0.15) is 63.9 Å². The number of nitrogens with zero attached hydrogens (tertiary/aromatic N) is 1. The van der Waals surface area contributed by atoms with E-state index < -0.39 is 0 Å². The molecule has 0 unspecified atom stereocenters. The zero-order valence-corrected chi connectivity index (χ0v) is 15.4. The molecule has 3 heteroatoms. The Bertz CT molecular complexity index is 450. The molecule has 2 rings (SSSR count). The van der Waals surface area contributed by atoms with Crippen LogP contribution >= 0.6 is 0 Å². The Morgan fingerprint density at radius 1 is 1.12 bits per heavy atom. The molecule has 24 heavy (non-hydrogen) atoms. The summed E-state index contributed by atoms with van der Waals surface area (Å²) in [6, 6.07) is 11.2. The zero-order valence-electron chi connectivity index (χ0n) is 15.4. The van der Waals surface area contributed by atoms with Gasteiger partial charge in [-0.3, -0.25) is 4.90 Å². The second-order valence-corrected chi connectivity index (χ2v) is 7.43. The first-order valence-corrected chi connectivity index (χ1v) is 9.73. The van der Waals surface area contributed by atoms with Crippen molar-refractivity contribution in [3.63, 3.8) is 0 Å². The molecule has 1 heterocycles. The molecule has 1 aliphatic rings. The van der Waals surface area contributed by atoms with Crippen LogP contribution < -0.4 is 0 Å². The molecule has 0 aliphatic carbocycles. The minimum Gasteiger partial charge on any atom is -0.393 e. The van der Waals surface area contributed by atoms with Gasteiger partial charge in [-0.2, -0.15) is 0 Å². The van der Waals surface area contributed by atoms with Gasteiger partial charge >= 0.3 is 0 Å². The number of likely N-dealkylation sites (tertiary alicyclic amines) is 1. The van der Waals surface area contributed by atoms with Gasteiger partial charge in [0.1, 0.15) is 0 Å². The Hall–Kier alpha value is -0.900. The van der Waals surface area contributed by atoms with Gasteiger partial charge in [-0.05, 0) is 44.7 Å². The molecule has 0 spiro atoms. The van der Waals surface area contributed by atoms with Gasteiger partial charge in [0, 0.05) is 12.1 Å². The maximum atomic E-state index is 10.5. The Balaban J connectivity index is 1.67. The van der Waals surface area contributed by atoms with Gasteiger partial charge < -0.3 is 10.2 Å². The van der Waals surface area contributed by atoms with Gasteiger partial charge in [-0.1, -0.05) is 62.9 Å². The lowest BCUT2D eigenvalue weighted by Crippen LogP contribution is -2.37. The highest BCUT2D eigenvalue weighted by molar-refractivity contribution is 5.17. The minimum absolute atomic E-state index is 0.111. The molecule has 1 aromatic rings. The summed E-state index contributed by atoms with van der Waals surface area (Å²) in [5, 5.41) is 20.0. The molecule has 4 atom stereocenters. The number of likely N-dealkylation sites (N-methyl/N-ethyl adjacent to an activating group) is 1. The standard InChI is InChI=1S/C21H35NO2/c1-3-19(23)14-10-5-4-9-13-18-16-21(24)20(22(18)2)15-17-11-7-6-8-12-17/h6-8,11-12,18-21,23-24H,3-5,9-10,13-16H2,1-2H3/t18-,19-,20+,21+/m1/s1. The van der Waals surface area contributed by atoms with Crippen molar-refractivity contribution < 1.29 is 10.2 Å². The Kier molecular flexibility index (Phi) is 8.23. The van der Waals surface area contributed by atoms with Gasteiger partial charge in [-0.25, -0.2) is 0 Å². The molecule has 1 fully saturated rings. The summed E-state index contributed by atoms with van der Waals surface area (Å²) in [5.74, 6) is 0. The summed E-state index contributed by atoms with van der Waals surface area (Å²) in [4.78, 5) is 2.40. The van der Waals surface area contributed by atoms with E-state index in [1.165, 1.54) is 31.2 Å². The fraction of sp³-hybridized carbons (Fsp3) is 0.714. The first-order chi connectivity index (χ1) is 11.6. The van der Waals surface area contributed by atoms with E-state index in [9.17, 15) is 10.2 Å². The average molecular weight is 334 g/mol. The van der Waals surface area contributed by atoms with Gasteiger partial charge in [0.2, 0.25) is 0 Å². The summed E-state index contributed by atoms with van der Waals surface area (Å²) < 4.78 is 0. The van der Waals surface area contributed by atoms with E-state index in [1.54, 1.807) is 0 Å². The van der Waals surface area contributed by atoms with Crippen molar-refractivity contribution in [2.24, 2.45) is 0 Å². The summed E-state index contributed by atoms with van der Waals surface area (Å²) in [7, 11) is 2.17. The lowest BCUT2D eigenvalue weighted by atomic mass is 10.0. The van der Waals surface area contributed by atoms with Crippen molar-refractivity contribution in [1.82, 2.24) is 4.90 Å². The largest absolute Gasteiger partial charge is 0.393 e. The lowest BCUT2D eigenvalue weighted by molar-refractivity contribution is 0.123. The zero-order chi connectivity index (χ0) is 17.4. The third-order valence-corrected chi connectivity index (χ3v) is 5.64. The molecule has 0 aromatic heterocycles. The fourth-order valence-corrected chi connectivity index (χ4v) is 3.92. The third kappa shape index (κ3) is 5.87. The smallest absolute Gasteiger partial charge is 0.0713 e. The van der Waals surface area contributed by atoms with E-state index in [0.29, 0.717) is 6.04 Å². The van der Waals surface area contributed by atoms with Crippen LogP contribution in [0.4, 0.5) is 0 Å². The maximum Gasteiger partial charge on any atom is 0.0713 e. The average Bonchev–Trinajstić information content (AvgIpc) is 2.86. The number of benzene rings is 1. The SMILES string of the molecule is CC[C@@H](O)CCCCCC[C@@H]1C[C@H](O)[C@H](Cc2ccccc2)N1C. The van der Waals surface area contributed by atoms with Crippen molar-refractivity contribution in [3.8, 4) is 0 Å². The van der Waals surface area contributed by atoms with E-state index in [2.05, 4.69) is 36.2 Å². The third-order valence-electron chi connectivity index (χ3n) is 5.64. The molecule has 0 radical (unpaired) electrons. The van der Waals surface area contributed by atoms with Crippen LogP contribution in [-0.4, -0.2) is 46.5 Å². The maximum absolute atomic E-state index is 10.5. The van der Waals surface area contributed by atoms with Crippen LogP contribution in [-0.2, 0) is 6.42 Å². The van der Waals surface area contributed by atoms with Crippen molar-refractivity contribution in [2.75, 3.05) is 7.05 Å². The van der Waals surface area contributed by atoms with E-state index in [4.69, 9.17) is 0 Å². The number of aliphatic hydroxyl groups excluding tert-OH is 2. The second-order valence-electron chi connectivity index (χ2n) is 7.43. The predicted octanol–water partition coefficient (Wildman–Crippen LogP) is 3.77.